The number of nitrogens with one attached hydrogen (secondary N) is 1. The van der Waals surface area contributed by atoms with Crippen molar-refractivity contribution >= 4 is 11.7 Å². The first-order valence-electron chi connectivity index (χ1n) is 7.70. The van der Waals surface area contributed by atoms with Crippen LogP contribution < -0.4 is 15.8 Å². The zero-order chi connectivity index (χ0) is 16.9. The summed E-state index contributed by atoms with van der Waals surface area (Å²) in [4.78, 5) is 16.2. The molecule has 6 nitrogen and oxygen atoms in total. The van der Waals surface area contributed by atoms with Crippen molar-refractivity contribution in [3.63, 3.8) is 0 Å². The Kier molecular flexibility index (Phi) is 5.02. The summed E-state index contributed by atoms with van der Waals surface area (Å²) in [5, 5.41) is 2.71. The van der Waals surface area contributed by atoms with Crippen LogP contribution in [0.4, 0.5) is 10.2 Å². The van der Waals surface area contributed by atoms with Gasteiger partial charge in [0.1, 0.15) is 29.2 Å². The van der Waals surface area contributed by atoms with Crippen LogP contribution >= 0.6 is 0 Å². The van der Waals surface area contributed by atoms with E-state index in [0.29, 0.717) is 30.3 Å². The second-order valence-corrected chi connectivity index (χ2v) is 5.48. The SMILES string of the molecule is NC[C@H]1CC[C@@H](C(=O)Nc2ccc(Oc3ccc(F)cc3)cn2)O1. The highest BCUT2D eigenvalue weighted by Gasteiger charge is 2.29. The van der Waals surface area contributed by atoms with Crippen molar-refractivity contribution in [2.24, 2.45) is 5.73 Å². The highest BCUT2D eigenvalue weighted by atomic mass is 19.1. The number of aromatic nitrogens is 1. The number of rotatable bonds is 5. The maximum absolute atomic E-state index is 12.8. The molecule has 1 aliphatic rings. The molecular formula is C17H18FN3O3. The molecule has 0 bridgehead atoms. The predicted molar refractivity (Wildman–Crippen MR) is 86.3 cm³/mol. The molecule has 0 aliphatic carbocycles. The first-order valence-corrected chi connectivity index (χ1v) is 7.70. The fourth-order valence-corrected chi connectivity index (χ4v) is 2.43. The topological polar surface area (TPSA) is 86.5 Å². The van der Waals surface area contributed by atoms with E-state index < -0.39 is 6.10 Å². The van der Waals surface area contributed by atoms with Crippen LogP contribution in [0.5, 0.6) is 11.5 Å². The third kappa shape index (κ3) is 4.06. The van der Waals surface area contributed by atoms with Crippen molar-refractivity contribution in [2.45, 2.75) is 25.0 Å². The van der Waals surface area contributed by atoms with Crippen LogP contribution in [0, 0.1) is 5.82 Å². The molecule has 0 spiro atoms. The van der Waals surface area contributed by atoms with Gasteiger partial charge < -0.3 is 20.5 Å². The lowest BCUT2D eigenvalue weighted by Crippen LogP contribution is -2.30. The Bertz CT molecular complexity index is 691. The van der Waals surface area contributed by atoms with Gasteiger partial charge in [-0.3, -0.25) is 4.79 Å². The molecule has 1 amide bonds. The third-order valence-electron chi connectivity index (χ3n) is 3.70. The minimum atomic E-state index is -0.490. The predicted octanol–water partition coefficient (Wildman–Crippen LogP) is 2.46. The van der Waals surface area contributed by atoms with E-state index in [0.717, 1.165) is 6.42 Å². The van der Waals surface area contributed by atoms with Crippen molar-refractivity contribution in [3.05, 3.63) is 48.4 Å². The van der Waals surface area contributed by atoms with Crippen LogP contribution in [-0.4, -0.2) is 29.6 Å². The molecule has 0 unspecified atom stereocenters. The van der Waals surface area contributed by atoms with Crippen molar-refractivity contribution < 1.29 is 18.7 Å². The van der Waals surface area contributed by atoms with Gasteiger partial charge in [-0.1, -0.05) is 0 Å². The summed E-state index contributed by atoms with van der Waals surface area (Å²) in [6, 6.07) is 8.98. The van der Waals surface area contributed by atoms with Gasteiger partial charge in [-0.05, 0) is 49.2 Å². The molecule has 126 valence electrons. The van der Waals surface area contributed by atoms with Crippen LogP contribution in [-0.2, 0) is 9.53 Å². The van der Waals surface area contributed by atoms with Gasteiger partial charge in [-0.25, -0.2) is 9.37 Å². The number of halogens is 1. The van der Waals surface area contributed by atoms with Crippen LogP contribution in [0.2, 0.25) is 0 Å². The summed E-state index contributed by atoms with van der Waals surface area (Å²) in [6.07, 6.45) is 2.37. The van der Waals surface area contributed by atoms with Gasteiger partial charge in [-0.15, -0.1) is 0 Å². The number of pyridine rings is 1. The molecule has 3 rings (SSSR count). The van der Waals surface area contributed by atoms with Crippen LogP contribution in [0.15, 0.2) is 42.6 Å². The van der Waals surface area contributed by atoms with Crippen molar-refractivity contribution in [3.8, 4) is 11.5 Å². The molecular weight excluding hydrogens is 313 g/mol. The smallest absolute Gasteiger partial charge is 0.254 e. The van der Waals surface area contributed by atoms with E-state index in [-0.39, 0.29) is 17.8 Å². The van der Waals surface area contributed by atoms with E-state index in [1.807, 2.05) is 0 Å². The second kappa shape index (κ2) is 7.37. The molecule has 2 aromatic rings. The number of anilines is 1. The normalized spacial score (nSPS) is 19.9. The lowest BCUT2D eigenvalue weighted by Gasteiger charge is -2.12. The molecule has 1 fully saturated rings. The number of nitrogens with zero attached hydrogens (tertiary/aromatic N) is 1. The van der Waals surface area contributed by atoms with Crippen molar-refractivity contribution in [1.82, 2.24) is 4.98 Å². The summed E-state index contributed by atoms with van der Waals surface area (Å²) in [6.45, 7) is 0.414. The van der Waals surface area contributed by atoms with Gasteiger partial charge in [0.25, 0.3) is 5.91 Å². The number of hydrogen-bond acceptors (Lipinski definition) is 5. The average molecular weight is 331 g/mol. The number of amides is 1. The Hall–Kier alpha value is -2.51. The lowest BCUT2D eigenvalue weighted by atomic mass is 10.2. The van der Waals surface area contributed by atoms with Crippen LogP contribution in [0.25, 0.3) is 0 Å². The van der Waals surface area contributed by atoms with E-state index in [2.05, 4.69) is 10.3 Å². The van der Waals surface area contributed by atoms with Gasteiger partial charge in [0.05, 0.1) is 12.3 Å². The first-order chi connectivity index (χ1) is 11.6. The largest absolute Gasteiger partial charge is 0.456 e. The molecule has 24 heavy (non-hydrogen) atoms. The molecule has 1 aliphatic heterocycles. The summed E-state index contributed by atoms with van der Waals surface area (Å²) in [5.74, 6) is 0.837. The number of carbonyl (C=O) groups is 1. The first kappa shape index (κ1) is 16.4. The Morgan fingerprint density at radius 1 is 1.25 bits per heavy atom. The minimum absolute atomic E-state index is 0.0554. The molecule has 1 aromatic carbocycles. The standard InChI is InChI=1S/C17H18FN3O3/c18-11-1-3-12(4-2-11)23-14-6-8-16(20-10-14)21-17(22)15-7-5-13(9-19)24-15/h1-4,6,8,10,13,15H,5,7,9,19H2,(H,20,21,22)/t13-,15+/m1/s1. The molecule has 7 heteroatoms. The fourth-order valence-electron chi connectivity index (χ4n) is 2.43. The monoisotopic (exact) mass is 331 g/mol. The third-order valence-corrected chi connectivity index (χ3v) is 3.70. The van der Waals surface area contributed by atoms with Gasteiger partial charge in [0.2, 0.25) is 0 Å². The highest BCUT2D eigenvalue weighted by molar-refractivity contribution is 5.93. The van der Waals surface area contributed by atoms with E-state index in [4.69, 9.17) is 15.2 Å². The van der Waals surface area contributed by atoms with Gasteiger partial charge in [0.15, 0.2) is 0 Å². The maximum Gasteiger partial charge on any atom is 0.254 e. The second-order valence-electron chi connectivity index (χ2n) is 5.48. The Labute approximate surface area is 138 Å². The number of benzene rings is 1. The molecule has 1 saturated heterocycles. The Balaban J connectivity index is 1.56. The van der Waals surface area contributed by atoms with E-state index in [1.165, 1.54) is 30.5 Å². The summed E-state index contributed by atoms with van der Waals surface area (Å²) < 4.78 is 23.9. The quantitative estimate of drug-likeness (QED) is 0.879. The molecule has 2 heterocycles. The summed E-state index contributed by atoms with van der Waals surface area (Å²) >= 11 is 0. The Morgan fingerprint density at radius 3 is 2.62 bits per heavy atom. The summed E-state index contributed by atoms with van der Waals surface area (Å²) in [5.41, 5.74) is 5.53. The minimum Gasteiger partial charge on any atom is -0.456 e. The number of carbonyl (C=O) groups excluding carboxylic acids is 1. The van der Waals surface area contributed by atoms with Gasteiger partial charge >= 0.3 is 0 Å². The average Bonchev–Trinajstić information content (AvgIpc) is 3.08. The summed E-state index contributed by atoms with van der Waals surface area (Å²) in [7, 11) is 0. The number of nitrogens with two attached hydrogens (primary N) is 1. The van der Waals surface area contributed by atoms with Crippen LogP contribution in [0.3, 0.4) is 0 Å². The van der Waals surface area contributed by atoms with Crippen LogP contribution in [0.1, 0.15) is 12.8 Å². The number of hydrogen-bond donors (Lipinski definition) is 2. The van der Waals surface area contributed by atoms with E-state index >= 15 is 0 Å². The maximum atomic E-state index is 12.8. The van der Waals surface area contributed by atoms with Gasteiger partial charge in [0, 0.05) is 6.54 Å². The number of ether oxygens (including phenoxy) is 2. The Morgan fingerprint density at radius 2 is 2.00 bits per heavy atom. The molecule has 1 aromatic heterocycles. The van der Waals surface area contributed by atoms with Crippen molar-refractivity contribution in [2.75, 3.05) is 11.9 Å². The highest BCUT2D eigenvalue weighted by Crippen LogP contribution is 2.23. The zero-order valence-corrected chi connectivity index (χ0v) is 12.9. The fraction of sp³-hybridized carbons (Fsp3) is 0.294. The zero-order valence-electron chi connectivity index (χ0n) is 12.9. The van der Waals surface area contributed by atoms with Crippen molar-refractivity contribution in [1.29, 1.82) is 0 Å². The molecule has 2 atom stereocenters. The lowest BCUT2D eigenvalue weighted by molar-refractivity contribution is -0.126. The molecule has 3 N–H and O–H groups in total. The molecule has 0 saturated carbocycles. The van der Waals surface area contributed by atoms with E-state index in [1.54, 1.807) is 12.1 Å². The van der Waals surface area contributed by atoms with Gasteiger partial charge in [-0.2, -0.15) is 0 Å². The molecule has 0 radical (unpaired) electrons. The van der Waals surface area contributed by atoms with E-state index in [9.17, 15) is 9.18 Å².